The fourth-order valence-electron chi connectivity index (χ4n) is 2.84. The molecule has 2 aromatic carbocycles. The highest BCUT2D eigenvalue weighted by atomic mass is 16.5. The smallest absolute Gasteiger partial charge is 0.259 e. The highest BCUT2D eigenvalue weighted by Gasteiger charge is 2.19. The normalized spacial score (nSPS) is 16.2. The van der Waals surface area contributed by atoms with Gasteiger partial charge in [0.25, 0.3) is 5.91 Å². The maximum Gasteiger partial charge on any atom is 0.259 e. The molecule has 0 aliphatic carbocycles. The topological polar surface area (TPSA) is 66.0 Å². The number of rotatable bonds is 7. The van der Waals surface area contributed by atoms with Crippen LogP contribution in [0.3, 0.4) is 0 Å². The lowest BCUT2D eigenvalue weighted by Gasteiger charge is -2.15. The first-order valence-corrected chi connectivity index (χ1v) is 8.58. The average Bonchev–Trinajstić information content (AvgIpc) is 3.20. The quantitative estimate of drug-likeness (QED) is 0.821. The molecule has 138 valence electrons. The number of hydrogen-bond acceptors (Lipinski definition) is 5. The molecule has 1 unspecified atom stereocenters. The van der Waals surface area contributed by atoms with Gasteiger partial charge in [0, 0.05) is 12.7 Å². The van der Waals surface area contributed by atoms with Crippen LogP contribution in [0.4, 0.5) is 5.69 Å². The molecule has 1 fully saturated rings. The Hall–Kier alpha value is -2.73. The summed E-state index contributed by atoms with van der Waals surface area (Å²) in [6.07, 6.45) is 2.12. The van der Waals surface area contributed by atoms with Gasteiger partial charge in [-0.1, -0.05) is 12.1 Å². The highest BCUT2D eigenvalue weighted by molar-refractivity contribution is 6.07. The van der Waals surface area contributed by atoms with Gasteiger partial charge in [-0.2, -0.15) is 0 Å². The number of carbonyl (C=O) groups excluding carboxylic acids is 1. The number of methoxy groups -OCH3 is 2. The molecule has 1 aliphatic heterocycles. The van der Waals surface area contributed by atoms with E-state index in [0.29, 0.717) is 35.1 Å². The molecule has 1 heterocycles. The Kier molecular flexibility index (Phi) is 5.96. The molecule has 0 saturated carbocycles. The van der Waals surface area contributed by atoms with Crippen LogP contribution in [0.15, 0.2) is 42.5 Å². The first kappa shape index (κ1) is 18.1. The summed E-state index contributed by atoms with van der Waals surface area (Å²) >= 11 is 0. The fourth-order valence-corrected chi connectivity index (χ4v) is 2.84. The van der Waals surface area contributed by atoms with Crippen LogP contribution < -0.4 is 19.5 Å². The molecule has 26 heavy (non-hydrogen) atoms. The summed E-state index contributed by atoms with van der Waals surface area (Å²) in [7, 11) is 3.12. The summed E-state index contributed by atoms with van der Waals surface area (Å²) < 4.78 is 21.9. The third kappa shape index (κ3) is 4.26. The minimum Gasteiger partial charge on any atom is -0.497 e. The van der Waals surface area contributed by atoms with Crippen LogP contribution in [-0.4, -0.2) is 39.4 Å². The third-order valence-electron chi connectivity index (χ3n) is 4.24. The van der Waals surface area contributed by atoms with Gasteiger partial charge in [-0.25, -0.2) is 0 Å². The van der Waals surface area contributed by atoms with Crippen molar-refractivity contribution >= 4 is 11.6 Å². The molecule has 1 amide bonds. The average molecular weight is 357 g/mol. The molecular formula is C20H23NO5. The number of amides is 1. The van der Waals surface area contributed by atoms with Crippen molar-refractivity contribution in [3.8, 4) is 17.2 Å². The van der Waals surface area contributed by atoms with Gasteiger partial charge < -0.3 is 24.3 Å². The number of ether oxygens (including phenoxy) is 4. The minimum atomic E-state index is -0.278. The largest absolute Gasteiger partial charge is 0.497 e. The van der Waals surface area contributed by atoms with Crippen LogP contribution in [0.5, 0.6) is 17.2 Å². The van der Waals surface area contributed by atoms with Gasteiger partial charge in [0.2, 0.25) is 0 Å². The predicted octanol–water partition coefficient (Wildman–Crippen LogP) is 3.51. The van der Waals surface area contributed by atoms with E-state index >= 15 is 0 Å². The van der Waals surface area contributed by atoms with Crippen LogP contribution >= 0.6 is 0 Å². The molecule has 0 spiro atoms. The van der Waals surface area contributed by atoms with Crippen molar-refractivity contribution in [1.29, 1.82) is 0 Å². The molecule has 1 atom stereocenters. The van der Waals surface area contributed by atoms with Crippen molar-refractivity contribution in [3.05, 3.63) is 48.0 Å². The van der Waals surface area contributed by atoms with Gasteiger partial charge in [0.05, 0.1) is 31.6 Å². The number of carbonyl (C=O) groups is 1. The standard InChI is InChI=1S/C20H23NO5/c1-23-14-9-10-19(24-2)17(12-14)21-20(22)16-7-3-4-8-18(16)26-13-15-6-5-11-25-15/h3-4,7-10,12,15H,5-6,11,13H2,1-2H3,(H,21,22). The Labute approximate surface area is 153 Å². The molecule has 2 aromatic rings. The van der Waals surface area contributed by atoms with Crippen molar-refractivity contribution in [2.24, 2.45) is 0 Å². The maximum atomic E-state index is 12.8. The van der Waals surface area contributed by atoms with E-state index < -0.39 is 0 Å². The van der Waals surface area contributed by atoms with Crippen molar-refractivity contribution in [1.82, 2.24) is 0 Å². The summed E-state index contributed by atoms with van der Waals surface area (Å²) in [5.41, 5.74) is 0.987. The second-order valence-electron chi connectivity index (χ2n) is 5.96. The van der Waals surface area contributed by atoms with Gasteiger partial charge in [0.1, 0.15) is 23.9 Å². The van der Waals surface area contributed by atoms with E-state index in [-0.39, 0.29) is 12.0 Å². The van der Waals surface area contributed by atoms with Crippen LogP contribution in [0, 0.1) is 0 Å². The Morgan fingerprint density at radius 3 is 2.73 bits per heavy atom. The zero-order chi connectivity index (χ0) is 18.4. The van der Waals surface area contributed by atoms with E-state index in [0.717, 1.165) is 19.4 Å². The number of hydrogen-bond donors (Lipinski definition) is 1. The Balaban J connectivity index is 1.75. The SMILES string of the molecule is COc1ccc(OC)c(NC(=O)c2ccccc2OCC2CCCO2)c1. The number of para-hydroxylation sites is 1. The number of benzene rings is 2. The van der Waals surface area contributed by atoms with Crippen LogP contribution in [-0.2, 0) is 4.74 Å². The highest BCUT2D eigenvalue weighted by Crippen LogP contribution is 2.30. The summed E-state index contributed by atoms with van der Waals surface area (Å²) in [5, 5.41) is 2.87. The predicted molar refractivity (Wildman–Crippen MR) is 98.4 cm³/mol. The first-order valence-electron chi connectivity index (χ1n) is 8.58. The van der Waals surface area contributed by atoms with Crippen LogP contribution in [0.25, 0.3) is 0 Å². The molecule has 6 nitrogen and oxygen atoms in total. The molecule has 3 rings (SSSR count). The lowest BCUT2D eigenvalue weighted by molar-refractivity contribution is 0.0673. The van der Waals surface area contributed by atoms with E-state index in [4.69, 9.17) is 18.9 Å². The molecule has 6 heteroatoms. The monoisotopic (exact) mass is 357 g/mol. The summed E-state index contributed by atoms with van der Waals surface area (Å²) in [4.78, 5) is 12.8. The summed E-state index contributed by atoms with van der Waals surface area (Å²) in [6.45, 7) is 1.21. The van der Waals surface area contributed by atoms with Gasteiger partial charge in [-0.15, -0.1) is 0 Å². The second-order valence-corrected chi connectivity index (χ2v) is 5.96. The van der Waals surface area contributed by atoms with Crippen LogP contribution in [0.2, 0.25) is 0 Å². The van der Waals surface area contributed by atoms with Gasteiger partial charge in [0.15, 0.2) is 0 Å². The van der Waals surface area contributed by atoms with E-state index in [1.165, 1.54) is 0 Å². The molecule has 1 aliphatic rings. The molecule has 0 aromatic heterocycles. The summed E-state index contributed by atoms with van der Waals surface area (Å²) in [6, 6.07) is 12.4. The number of anilines is 1. The van der Waals surface area contributed by atoms with Gasteiger partial charge in [-0.05, 0) is 37.1 Å². The Morgan fingerprint density at radius 2 is 2.00 bits per heavy atom. The van der Waals surface area contributed by atoms with E-state index in [9.17, 15) is 4.79 Å². The van der Waals surface area contributed by atoms with E-state index in [1.807, 2.05) is 6.07 Å². The maximum absolute atomic E-state index is 12.8. The first-order chi connectivity index (χ1) is 12.7. The number of nitrogens with one attached hydrogen (secondary N) is 1. The fraction of sp³-hybridized carbons (Fsp3) is 0.350. The van der Waals surface area contributed by atoms with Crippen molar-refractivity contribution in [3.63, 3.8) is 0 Å². The molecule has 1 saturated heterocycles. The zero-order valence-corrected chi connectivity index (χ0v) is 15.0. The van der Waals surface area contributed by atoms with Crippen molar-refractivity contribution in [2.75, 3.05) is 32.8 Å². The third-order valence-corrected chi connectivity index (χ3v) is 4.24. The second kappa shape index (κ2) is 8.58. The van der Waals surface area contributed by atoms with Crippen molar-refractivity contribution < 1.29 is 23.7 Å². The lowest BCUT2D eigenvalue weighted by atomic mass is 10.1. The zero-order valence-electron chi connectivity index (χ0n) is 15.0. The Bertz CT molecular complexity index is 756. The van der Waals surface area contributed by atoms with Crippen molar-refractivity contribution in [2.45, 2.75) is 18.9 Å². The molecule has 0 radical (unpaired) electrons. The van der Waals surface area contributed by atoms with Gasteiger partial charge in [-0.3, -0.25) is 4.79 Å². The molecular weight excluding hydrogens is 334 g/mol. The minimum absolute atomic E-state index is 0.0876. The molecule has 1 N–H and O–H groups in total. The Morgan fingerprint density at radius 1 is 1.15 bits per heavy atom. The van der Waals surface area contributed by atoms with Gasteiger partial charge >= 0.3 is 0 Å². The van der Waals surface area contributed by atoms with E-state index in [1.54, 1.807) is 50.6 Å². The lowest BCUT2D eigenvalue weighted by Crippen LogP contribution is -2.19. The van der Waals surface area contributed by atoms with Crippen LogP contribution in [0.1, 0.15) is 23.2 Å². The summed E-state index contributed by atoms with van der Waals surface area (Å²) in [5.74, 6) is 1.43. The molecule has 0 bridgehead atoms. The van der Waals surface area contributed by atoms with E-state index in [2.05, 4.69) is 5.32 Å².